The molecule has 1 aliphatic heterocycles. The maximum Gasteiger partial charge on any atom is 0.409 e. The molecule has 0 aliphatic carbocycles. The number of nitrogens with one attached hydrogen (secondary N) is 1. The molecule has 0 radical (unpaired) electrons. The van der Waals surface area contributed by atoms with Crippen LogP contribution in [0.2, 0.25) is 9.36 Å². The van der Waals surface area contributed by atoms with E-state index in [1.807, 2.05) is 0 Å². The molecule has 1 N–H and O–H groups in total. The van der Waals surface area contributed by atoms with Gasteiger partial charge >= 0.3 is 6.09 Å². The van der Waals surface area contributed by atoms with Crippen molar-refractivity contribution in [3.05, 3.63) is 15.1 Å². The summed E-state index contributed by atoms with van der Waals surface area (Å²) in [5.74, 6) is -0.335. The molecule has 0 unspecified atom stereocenters. The third-order valence-corrected chi connectivity index (χ3v) is 4.78. The molecule has 1 aromatic heterocycles. The zero-order valence-corrected chi connectivity index (χ0v) is 13.7. The summed E-state index contributed by atoms with van der Waals surface area (Å²) in [6.45, 7) is 3.23. The number of ether oxygens (including phenoxy) is 1. The van der Waals surface area contributed by atoms with Crippen LogP contribution in [0.15, 0.2) is 0 Å². The van der Waals surface area contributed by atoms with Crippen LogP contribution >= 0.6 is 34.7 Å². The summed E-state index contributed by atoms with van der Waals surface area (Å²) in [6, 6.07) is -0.0141. The number of amides is 2. The van der Waals surface area contributed by atoms with Crippen LogP contribution in [0.3, 0.4) is 0 Å². The predicted molar refractivity (Wildman–Crippen MR) is 81.2 cm³/mol. The minimum Gasteiger partial charge on any atom is -0.450 e. The summed E-state index contributed by atoms with van der Waals surface area (Å²) in [6.07, 6.45) is 1.02. The van der Waals surface area contributed by atoms with Crippen molar-refractivity contribution in [3.63, 3.8) is 0 Å². The van der Waals surface area contributed by atoms with Crippen LogP contribution in [-0.4, -0.2) is 47.0 Å². The zero-order chi connectivity index (χ0) is 15.4. The fraction of sp³-hybridized carbons (Fsp3) is 0.583. The van der Waals surface area contributed by atoms with Gasteiger partial charge in [0.2, 0.25) is 0 Å². The first kappa shape index (κ1) is 16.3. The summed E-state index contributed by atoms with van der Waals surface area (Å²) in [5.41, 5.74) is 0.152. The normalized spacial score (nSPS) is 15.9. The number of hydrogen-bond acceptors (Lipinski definition) is 5. The van der Waals surface area contributed by atoms with E-state index in [1.54, 1.807) is 11.8 Å². The minimum absolute atomic E-state index is 0.0141. The average molecular weight is 352 g/mol. The van der Waals surface area contributed by atoms with Gasteiger partial charge in [0.15, 0.2) is 5.69 Å². The second-order valence-electron chi connectivity index (χ2n) is 4.55. The molecule has 1 fully saturated rings. The van der Waals surface area contributed by atoms with Crippen molar-refractivity contribution in [2.45, 2.75) is 25.8 Å². The molecule has 21 heavy (non-hydrogen) atoms. The Hall–Kier alpha value is -1.05. The van der Waals surface area contributed by atoms with Crippen LogP contribution < -0.4 is 5.32 Å². The van der Waals surface area contributed by atoms with E-state index in [1.165, 1.54) is 0 Å². The Labute approximate surface area is 136 Å². The van der Waals surface area contributed by atoms with E-state index in [0.717, 1.165) is 11.5 Å². The smallest absolute Gasteiger partial charge is 0.409 e. The number of likely N-dealkylation sites (tertiary alicyclic amines) is 1. The van der Waals surface area contributed by atoms with Crippen molar-refractivity contribution in [2.24, 2.45) is 0 Å². The van der Waals surface area contributed by atoms with Crippen LogP contribution in [0.1, 0.15) is 30.3 Å². The van der Waals surface area contributed by atoms with Crippen molar-refractivity contribution >= 4 is 46.7 Å². The predicted octanol–water partition coefficient (Wildman–Crippen LogP) is 2.80. The highest BCUT2D eigenvalue weighted by molar-refractivity contribution is 7.11. The average Bonchev–Trinajstić information content (AvgIpc) is 2.80. The van der Waals surface area contributed by atoms with Gasteiger partial charge in [-0.25, -0.2) is 4.79 Å². The van der Waals surface area contributed by atoms with Crippen LogP contribution in [0.25, 0.3) is 0 Å². The maximum absolute atomic E-state index is 12.0. The van der Waals surface area contributed by atoms with Gasteiger partial charge in [0.1, 0.15) is 9.36 Å². The highest BCUT2D eigenvalue weighted by Gasteiger charge is 2.26. The fourth-order valence-electron chi connectivity index (χ4n) is 2.08. The molecular weight excluding hydrogens is 337 g/mol. The van der Waals surface area contributed by atoms with Gasteiger partial charge in [-0.2, -0.15) is 4.37 Å². The summed E-state index contributed by atoms with van der Waals surface area (Å²) in [7, 11) is 0. The second kappa shape index (κ2) is 7.29. The molecule has 0 spiro atoms. The summed E-state index contributed by atoms with van der Waals surface area (Å²) in [4.78, 5) is 25.3. The molecule has 0 aromatic carbocycles. The second-order valence-corrected chi connectivity index (χ2v) is 6.31. The van der Waals surface area contributed by atoms with E-state index >= 15 is 0 Å². The SMILES string of the molecule is CCOC(=O)N1CCC(NC(=O)c2nsc(Cl)c2Cl)CC1. The standard InChI is InChI=1S/C12H15Cl2N3O3S/c1-2-20-12(19)17-5-3-7(4-6-17)15-11(18)9-8(13)10(14)21-16-9/h7H,2-6H2,1H3,(H,15,18). The topological polar surface area (TPSA) is 71.5 Å². The first-order valence-corrected chi connectivity index (χ1v) is 8.09. The minimum atomic E-state index is -0.335. The van der Waals surface area contributed by atoms with E-state index in [4.69, 9.17) is 27.9 Å². The molecule has 6 nitrogen and oxygen atoms in total. The van der Waals surface area contributed by atoms with Crippen LogP contribution in [0.4, 0.5) is 4.79 Å². The first-order valence-electron chi connectivity index (χ1n) is 6.56. The van der Waals surface area contributed by atoms with Crippen molar-refractivity contribution in [1.82, 2.24) is 14.6 Å². The number of carbonyl (C=O) groups is 2. The highest BCUT2D eigenvalue weighted by atomic mass is 35.5. The monoisotopic (exact) mass is 351 g/mol. The molecular formula is C12H15Cl2N3O3S. The largest absolute Gasteiger partial charge is 0.450 e. The maximum atomic E-state index is 12.0. The Morgan fingerprint density at radius 3 is 2.62 bits per heavy atom. The quantitative estimate of drug-likeness (QED) is 0.908. The number of piperidine rings is 1. The molecule has 0 bridgehead atoms. The number of aromatic nitrogens is 1. The Balaban J connectivity index is 1.85. The number of nitrogens with zero attached hydrogens (tertiary/aromatic N) is 2. The van der Waals surface area contributed by atoms with E-state index in [0.29, 0.717) is 36.9 Å². The lowest BCUT2D eigenvalue weighted by Gasteiger charge is -2.31. The van der Waals surface area contributed by atoms with Crippen molar-refractivity contribution < 1.29 is 14.3 Å². The highest BCUT2D eigenvalue weighted by Crippen LogP contribution is 2.29. The lowest BCUT2D eigenvalue weighted by molar-refractivity contribution is 0.0857. The Bertz CT molecular complexity index is 530. The number of carbonyl (C=O) groups excluding carboxylic acids is 2. The lowest BCUT2D eigenvalue weighted by atomic mass is 10.1. The Morgan fingerprint density at radius 2 is 2.10 bits per heavy atom. The Morgan fingerprint density at radius 1 is 1.43 bits per heavy atom. The first-order chi connectivity index (χ1) is 10.0. The van der Waals surface area contributed by atoms with Crippen LogP contribution in [0.5, 0.6) is 0 Å². The number of hydrogen-bond donors (Lipinski definition) is 1. The lowest BCUT2D eigenvalue weighted by Crippen LogP contribution is -2.46. The van der Waals surface area contributed by atoms with Crippen molar-refractivity contribution in [2.75, 3.05) is 19.7 Å². The molecule has 116 valence electrons. The number of rotatable bonds is 3. The number of halogens is 2. The molecule has 0 saturated carbocycles. The van der Waals surface area contributed by atoms with Gasteiger partial charge in [0, 0.05) is 19.1 Å². The molecule has 1 aliphatic rings. The molecule has 2 rings (SSSR count). The fourth-order valence-corrected chi connectivity index (χ4v) is 3.07. The molecule has 2 heterocycles. The Kier molecular flexibility index (Phi) is 5.66. The third-order valence-electron chi connectivity index (χ3n) is 3.17. The molecule has 1 saturated heterocycles. The molecule has 9 heteroatoms. The molecule has 1 aromatic rings. The van der Waals surface area contributed by atoms with E-state index < -0.39 is 0 Å². The van der Waals surface area contributed by atoms with Crippen molar-refractivity contribution in [3.8, 4) is 0 Å². The zero-order valence-electron chi connectivity index (χ0n) is 11.4. The third kappa shape index (κ3) is 3.99. The summed E-state index contributed by atoms with van der Waals surface area (Å²) in [5, 5.41) is 3.05. The van der Waals surface area contributed by atoms with Crippen LogP contribution in [-0.2, 0) is 4.74 Å². The molecule has 0 atom stereocenters. The van der Waals surface area contributed by atoms with Gasteiger partial charge in [-0.1, -0.05) is 23.2 Å². The van der Waals surface area contributed by atoms with Crippen LogP contribution in [0, 0.1) is 0 Å². The van der Waals surface area contributed by atoms with E-state index in [-0.39, 0.29) is 28.8 Å². The van der Waals surface area contributed by atoms with Gasteiger partial charge in [0.05, 0.1) is 6.61 Å². The van der Waals surface area contributed by atoms with E-state index in [9.17, 15) is 9.59 Å². The van der Waals surface area contributed by atoms with Gasteiger partial charge < -0.3 is 15.0 Å². The van der Waals surface area contributed by atoms with E-state index in [2.05, 4.69) is 9.69 Å². The van der Waals surface area contributed by atoms with Gasteiger partial charge in [-0.3, -0.25) is 4.79 Å². The van der Waals surface area contributed by atoms with Gasteiger partial charge in [0.25, 0.3) is 5.91 Å². The van der Waals surface area contributed by atoms with Gasteiger partial charge in [-0.05, 0) is 31.3 Å². The molecule has 2 amide bonds. The summed E-state index contributed by atoms with van der Waals surface area (Å²) >= 11 is 12.7. The summed E-state index contributed by atoms with van der Waals surface area (Å²) < 4.78 is 9.18. The van der Waals surface area contributed by atoms with Gasteiger partial charge in [-0.15, -0.1) is 0 Å². The van der Waals surface area contributed by atoms with Crippen molar-refractivity contribution in [1.29, 1.82) is 0 Å².